The molecular formula is C12H24N6O. The molecule has 7 heteroatoms. The lowest BCUT2D eigenvalue weighted by molar-refractivity contribution is 0.378. The Balaban J connectivity index is 2.71. The molecule has 0 aliphatic rings. The number of hydrogen-bond donors (Lipinski definition) is 1. The maximum Gasteiger partial charge on any atom is 0.322 e. The summed E-state index contributed by atoms with van der Waals surface area (Å²) in [6.45, 7) is 4.68. The summed E-state index contributed by atoms with van der Waals surface area (Å²) < 4.78 is 5.10. The van der Waals surface area contributed by atoms with Crippen LogP contribution in [0, 0.1) is 0 Å². The number of rotatable bonds is 8. The first kappa shape index (κ1) is 15.4. The maximum atomic E-state index is 5.10. The van der Waals surface area contributed by atoms with Crippen molar-refractivity contribution in [1.82, 2.24) is 19.9 Å². The van der Waals surface area contributed by atoms with E-state index in [1.165, 1.54) is 0 Å². The van der Waals surface area contributed by atoms with Gasteiger partial charge in [0.15, 0.2) is 0 Å². The van der Waals surface area contributed by atoms with Crippen LogP contribution in [0.1, 0.15) is 13.3 Å². The van der Waals surface area contributed by atoms with E-state index in [1.54, 1.807) is 7.11 Å². The van der Waals surface area contributed by atoms with E-state index in [4.69, 9.17) is 4.74 Å². The fourth-order valence-corrected chi connectivity index (χ4v) is 1.57. The molecule has 0 atom stereocenters. The van der Waals surface area contributed by atoms with Crippen molar-refractivity contribution >= 4 is 11.9 Å². The summed E-state index contributed by atoms with van der Waals surface area (Å²) >= 11 is 0. The molecule has 0 radical (unpaired) electrons. The summed E-state index contributed by atoms with van der Waals surface area (Å²) in [4.78, 5) is 16.9. The van der Waals surface area contributed by atoms with Crippen LogP contribution in [0.5, 0.6) is 6.01 Å². The minimum Gasteiger partial charge on any atom is -0.467 e. The van der Waals surface area contributed by atoms with Crippen molar-refractivity contribution < 1.29 is 4.74 Å². The average Bonchev–Trinajstić information content (AvgIpc) is 2.38. The number of hydrogen-bond acceptors (Lipinski definition) is 7. The average molecular weight is 268 g/mol. The molecule has 7 nitrogen and oxygen atoms in total. The van der Waals surface area contributed by atoms with Gasteiger partial charge < -0.3 is 19.9 Å². The van der Waals surface area contributed by atoms with Gasteiger partial charge in [-0.3, -0.25) is 0 Å². The van der Waals surface area contributed by atoms with E-state index in [2.05, 4.69) is 39.3 Å². The van der Waals surface area contributed by atoms with Crippen molar-refractivity contribution in [3.8, 4) is 6.01 Å². The molecule has 0 aliphatic carbocycles. The van der Waals surface area contributed by atoms with Crippen molar-refractivity contribution in [3.63, 3.8) is 0 Å². The molecule has 1 heterocycles. The van der Waals surface area contributed by atoms with Gasteiger partial charge in [0.2, 0.25) is 11.9 Å². The van der Waals surface area contributed by atoms with E-state index in [0.717, 1.165) is 26.1 Å². The fourth-order valence-electron chi connectivity index (χ4n) is 1.57. The number of ether oxygens (including phenoxy) is 1. The van der Waals surface area contributed by atoms with Crippen LogP contribution in [0.15, 0.2) is 0 Å². The Bertz CT molecular complexity index is 384. The largest absolute Gasteiger partial charge is 0.467 e. The highest BCUT2D eigenvalue weighted by atomic mass is 16.5. The molecule has 0 fully saturated rings. The van der Waals surface area contributed by atoms with Crippen LogP contribution in [0.4, 0.5) is 11.9 Å². The van der Waals surface area contributed by atoms with E-state index in [0.29, 0.717) is 17.9 Å². The molecule has 0 aliphatic heterocycles. The molecule has 19 heavy (non-hydrogen) atoms. The maximum absolute atomic E-state index is 5.10. The molecular weight excluding hydrogens is 244 g/mol. The molecule has 108 valence electrons. The Kier molecular flexibility index (Phi) is 6.27. The highest BCUT2D eigenvalue weighted by Crippen LogP contribution is 2.13. The zero-order chi connectivity index (χ0) is 14.3. The SMILES string of the molecule is CCNc1nc(OC)nc(N(C)CCCN(C)C)n1. The number of nitrogens with zero attached hydrogens (tertiary/aromatic N) is 5. The van der Waals surface area contributed by atoms with Crippen molar-refractivity contribution in [2.75, 3.05) is 58.1 Å². The van der Waals surface area contributed by atoms with Crippen LogP contribution >= 0.6 is 0 Å². The molecule has 1 aromatic heterocycles. The predicted octanol–water partition coefficient (Wildman–Crippen LogP) is 0.700. The second-order valence-electron chi connectivity index (χ2n) is 4.55. The molecule has 0 bridgehead atoms. The highest BCUT2D eigenvalue weighted by molar-refractivity contribution is 5.37. The first-order valence-electron chi connectivity index (χ1n) is 6.46. The van der Waals surface area contributed by atoms with Gasteiger partial charge in [-0.05, 0) is 34.0 Å². The van der Waals surface area contributed by atoms with Gasteiger partial charge in [0.05, 0.1) is 7.11 Å². The Morgan fingerprint density at radius 2 is 1.84 bits per heavy atom. The second kappa shape index (κ2) is 7.73. The molecule has 1 aromatic rings. The van der Waals surface area contributed by atoms with Crippen LogP contribution in [-0.4, -0.2) is 67.7 Å². The van der Waals surface area contributed by atoms with Gasteiger partial charge >= 0.3 is 6.01 Å². The molecule has 0 aromatic carbocycles. The summed E-state index contributed by atoms with van der Waals surface area (Å²) in [5.41, 5.74) is 0. The zero-order valence-corrected chi connectivity index (χ0v) is 12.5. The summed E-state index contributed by atoms with van der Waals surface area (Å²) in [6, 6.07) is 0.334. The lowest BCUT2D eigenvalue weighted by Crippen LogP contribution is -2.25. The van der Waals surface area contributed by atoms with E-state index < -0.39 is 0 Å². The second-order valence-corrected chi connectivity index (χ2v) is 4.55. The standard InChI is InChI=1S/C12H24N6O/c1-6-13-10-14-11(16-12(15-10)19-5)18(4)9-7-8-17(2)3/h6-9H2,1-5H3,(H,13,14,15,16). The van der Waals surface area contributed by atoms with Crippen LogP contribution in [0.25, 0.3) is 0 Å². The lowest BCUT2D eigenvalue weighted by Gasteiger charge is -2.19. The van der Waals surface area contributed by atoms with Gasteiger partial charge in [0.25, 0.3) is 0 Å². The Morgan fingerprint density at radius 1 is 1.11 bits per heavy atom. The number of anilines is 2. The van der Waals surface area contributed by atoms with Gasteiger partial charge in [-0.2, -0.15) is 15.0 Å². The Morgan fingerprint density at radius 3 is 2.42 bits per heavy atom. The van der Waals surface area contributed by atoms with Crippen LogP contribution in [-0.2, 0) is 0 Å². The third kappa shape index (κ3) is 5.25. The molecule has 1 N–H and O–H groups in total. The van der Waals surface area contributed by atoms with Gasteiger partial charge in [-0.15, -0.1) is 0 Å². The molecule has 0 spiro atoms. The summed E-state index contributed by atoms with van der Waals surface area (Å²) in [6.07, 6.45) is 1.05. The summed E-state index contributed by atoms with van der Waals surface area (Å²) in [7, 11) is 7.66. The van der Waals surface area contributed by atoms with E-state index in [1.807, 2.05) is 18.9 Å². The van der Waals surface area contributed by atoms with E-state index >= 15 is 0 Å². The number of aromatic nitrogens is 3. The van der Waals surface area contributed by atoms with Crippen molar-refractivity contribution in [1.29, 1.82) is 0 Å². The van der Waals surface area contributed by atoms with Crippen molar-refractivity contribution in [2.45, 2.75) is 13.3 Å². The van der Waals surface area contributed by atoms with Crippen LogP contribution in [0.2, 0.25) is 0 Å². The minimum absolute atomic E-state index is 0.334. The Labute approximate surface area is 115 Å². The minimum atomic E-state index is 0.334. The van der Waals surface area contributed by atoms with Crippen LogP contribution in [0.3, 0.4) is 0 Å². The summed E-state index contributed by atoms with van der Waals surface area (Å²) in [5, 5.41) is 3.07. The molecule has 1 rings (SSSR count). The van der Waals surface area contributed by atoms with Crippen molar-refractivity contribution in [2.24, 2.45) is 0 Å². The third-order valence-electron chi connectivity index (χ3n) is 2.56. The fraction of sp³-hybridized carbons (Fsp3) is 0.750. The third-order valence-corrected chi connectivity index (χ3v) is 2.56. The molecule has 0 amide bonds. The lowest BCUT2D eigenvalue weighted by atomic mass is 10.4. The zero-order valence-electron chi connectivity index (χ0n) is 12.5. The molecule has 0 saturated carbocycles. The summed E-state index contributed by atoms with van der Waals surface area (Å²) in [5.74, 6) is 1.17. The highest BCUT2D eigenvalue weighted by Gasteiger charge is 2.10. The molecule has 0 saturated heterocycles. The first-order valence-corrected chi connectivity index (χ1v) is 6.46. The smallest absolute Gasteiger partial charge is 0.322 e. The van der Waals surface area contributed by atoms with Crippen molar-refractivity contribution in [3.05, 3.63) is 0 Å². The number of nitrogens with one attached hydrogen (secondary N) is 1. The molecule has 0 unspecified atom stereocenters. The van der Waals surface area contributed by atoms with Gasteiger partial charge in [-0.25, -0.2) is 0 Å². The van der Waals surface area contributed by atoms with Crippen LogP contribution < -0.4 is 15.0 Å². The quantitative estimate of drug-likeness (QED) is 0.744. The van der Waals surface area contributed by atoms with Gasteiger partial charge in [0.1, 0.15) is 0 Å². The normalized spacial score (nSPS) is 10.6. The first-order chi connectivity index (χ1) is 9.06. The van der Waals surface area contributed by atoms with Gasteiger partial charge in [0, 0.05) is 20.1 Å². The predicted molar refractivity (Wildman–Crippen MR) is 77.0 cm³/mol. The van der Waals surface area contributed by atoms with E-state index in [9.17, 15) is 0 Å². The number of methoxy groups -OCH3 is 1. The van der Waals surface area contributed by atoms with E-state index in [-0.39, 0.29) is 0 Å². The Hall–Kier alpha value is -1.63. The topological polar surface area (TPSA) is 66.4 Å². The monoisotopic (exact) mass is 268 g/mol. The van der Waals surface area contributed by atoms with Gasteiger partial charge in [-0.1, -0.05) is 0 Å².